The molecule has 2 aliphatic heterocycles. The lowest BCUT2D eigenvalue weighted by molar-refractivity contribution is -0.0519. The Kier molecular flexibility index (Phi) is 5.19. The van der Waals surface area contributed by atoms with Gasteiger partial charge in [0.05, 0.1) is 17.8 Å². The van der Waals surface area contributed by atoms with Gasteiger partial charge in [-0.1, -0.05) is 6.08 Å². The normalized spacial score (nSPS) is 26.7. The van der Waals surface area contributed by atoms with E-state index in [1.807, 2.05) is 10.8 Å². The van der Waals surface area contributed by atoms with E-state index < -0.39 is 5.60 Å². The molecule has 5 nitrogen and oxygen atoms in total. The summed E-state index contributed by atoms with van der Waals surface area (Å²) in [7, 11) is 0. The number of aliphatic hydroxyl groups is 1. The summed E-state index contributed by atoms with van der Waals surface area (Å²) in [5, 5.41) is 15.6. The summed E-state index contributed by atoms with van der Waals surface area (Å²) in [6.07, 6.45) is 8.54. The molecule has 3 heterocycles. The Morgan fingerprint density at radius 2 is 2.00 bits per heavy atom. The molecule has 0 aliphatic carbocycles. The van der Waals surface area contributed by atoms with Crippen molar-refractivity contribution >= 4 is 0 Å². The lowest BCUT2D eigenvalue weighted by atomic mass is 9.92. The van der Waals surface area contributed by atoms with Gasteiger partial charge in [-0.15, -0.1) is 6.58 Å². The smallest absolute Gasteiger partial charge is 0.0900 e. The summed E-state index contributed by atoms with van der Waals surface area (Å²) < 4.78 is 1.94. The van der Waals surface area contributed by atoms with Crippen LogP contribution in [0.15, 0.2) is 18.9 Å². The number of β-amino-alcohol motifs (C(OH)–C–C–N with tert-alkyl or cyclic N) is 1. The molecule has 0 amide bonds. The first-order valence-corrected chi connectivity index (χ1v) is 8.89. The zero-order chi connectivity index (χ0) is 16.3. The van der Waals surface area contributed by atoms with Gasteiger partial charge in [0.2, 0.25) is 0 Å². The molecule has 5 heteroatoms. The molecule has 2 aliphatic rings. The fourth-order valence-corrected chi connectivity index (χ4v) is 4.01. The Balaban J connectivity index is 1.60. The molecular weight excluding hydrogens is 288 g/mol. The second-order valence-electron chi connectivity index (χ2n) is 7.27. The number of likely N-dealkylation sites (tertiary alicyclic amines) is 2. The van der Waals surface area contributed by atoms with Crippen LogP contribution in [0, 0.1) is 6.92 Å². The molecule has 0 bridgehead atoms. The lowest BCUT2D eigenvalue weighted by Gasteiger charge is -2.41. The zero-order valence-corrected chi connectivity index (χ0v) is 14.4. The van der Waals surface area contributed by atoms with E-state index in [1.165, 1.54) is 18.4 Å². The van der Waals surface area contributed by atoms with Crippen molar-refractivity contribution in [3.05, 3.63) is 30.1 Å². The molecule has 1 aromatic heterocycles. The van der Waals surface area contributed by atoms with E-state index in [4.69, 9.17) is 0 Å². The van der Waals surface area contributed by atoms with E-state index in [0.717, 1.165) is 64.3 Å². The first-order valence-electron chi connectivity index (χ1n) is 8.89. The molecule has 0 radical (unpaired) electrons. The monoisotopic (exact) mass is 318 g/mol. The van der Waals surface area contributed by atoms with E-state index in [-0.39, 0.29) is 0 Å². The maximum Gasteiger partial charge on any atom is 0.0900 e. The summed E-state index contributed by atoms with van der Waals surface area (Å²) in [6, 6.07) is 0. The van der Waals surface area contributed by atoms with Crippen LogP contribution in [-0.4, -0.2) is 63.0 Å². The zero-order valence-electron chi connectivity index (χ0n) is 14.4. The second kappa shape index (κ2) is 7.16. The third-order valence-corrected chi connectivity index (χ3v) is 5.11. The average Bonchev–Trinajstić information content (AvgIpc) is 3.10. The van der Waals surface area contributed by atoms with Crippen molar-refractivity contribution in [1.29, 1.82) is 0 Å². The molecule has 0 unspecified atom stereocenters. The van der Waals surface area contributed by atoms with Gasteiger partial charge in [0.1, 0.15) is 0 Å². The summed E-state index contributed by atoms with van der Waals surface area (Å²) in [4.78, 5) is 4.82. The molecule has 0 aromatic carbocycles. The highest BCUT2D eigenvalue weighted by molar-refractivity contribution is 5.16. The van der Waals surface area contributed by atoms with Crippen LogP contribution in [0.3, 0.4) is 0 Å². The van der Waals surface area contributed by atoms with Crippen LogP contribution in [0.2, 0.25) is 0 Å². The maximum atomic E-state index is 11.0. The molecular formula is C18H30N4O. The molecule has 1 atom stereocenters. The van der Waals surface area contributed by atoms with Crippen molar-refractivity contribution < 1.29 is 5.11 Å². The lowest BCUT2D eigenvalue weighted by Crippen LogP contribution is -2.53. The minimum atomic E-state index is -0.548. The SMILES string of the molecule is C=CCn1cc(CN2CCC[C@@](O)(CN3CCCC3)C2)c(C)n1. The average molecular weight is 318 g/mol. The molecule has 2 fully saturated rings. The second-order valence-corrected chi connectivity index (χ2v) is 7.27. The largest absolute Gasteiger partial charge is 0.387 e. The van der Waals surface area contributed by atoms with Gasteiger partial charge in [-0.3, -0.25) is 9.58 Å². The Bertz CT molecular complexity index is 535. The topological polar surface area (TPSA) is 44.5 Å². The highest BCUT2D eigenvalue weighted by atomic mass is 16.3. The Labute approximate surface area is 139 Å². The van der Waals surface area contributed by atoms with Crippen molar-refractivity contribution in [1.82, 2.24) is 19.6 Å². The quantitative estimate of drug-likeness (QED) is 0.813. The number of hydrogen-bond acceptors (Lipinski definition) is 4. The van der Waals surface area contributed by atoms with Gasteiger partial charge >= 0.3 is 0 Å². The maximum absolute atomic E-state index is 11.0. The summed E-state index contributed by atoms with van der Waals surface area (Å²) in [5.41, 5.74) is 1.80. The summed E-state index contributed by atoms with van der Waals surface area (Å²) in [6.45, 7) is 12.4. The van der Waals surface area contributed by atoms with E-state index in [9.17, 15) is 5.11 Å². The van der Waals surface area contributed by atoms with Crippen molar-refractivity contribution in [3.8, 4) is 0 Å². The van der Waals surface area contributed by atoms with Crippen molar-refractivity contribution in [2.45, 2.75) is 51.3 Å². The number of aromatic nitrogens is 2. The predicted molar refractivity (Wildman–Crippen MR) is 92.3 cm³/mol. The van der Waals surface area contributed by atoms with Crippen molar-refractivity contribution in [3.63, 3.8) is 0 Å². The number of rotatable bonds is 6. The highest BCUT2D eigenvalue weighted by Crippen LogP contribution is 2.25. The number of allylic oxidation sites excluding steroid dienone is 1. The van der Waals surface area contributed by atoms with Gasteiger partial charge < -0.3 is 10.0 Å². The van der Waals surface area contributed by atoms with E-state index in [0.29, 0.717) is 0 Å². The molecule has 128 valence electrons. The Morgan fingerprint density at radius 3 is 2.74 bits per heavy atom. The molecule has 2 saturated heterocycles. The molecule has 0 saturated carbocycles. The Hall–Kier alpha value is -1.17. The number of nitrogens with zero attached hydrogens (tertiary/aromatic N) is 4. The van der Waals surface area contributed by atoms with Crippen LogP contribution >= 0.6 is 0 Å². The van der Waals surface area contributed by atoms with E-state index >= 15 is 0 Å². The molecule has 0 spiro atoms. The number of hydrogen-bond donors (Lipinski definition) is 1. The third-order valence-electron chi connectivity index (χ3n) is 5.11. The number of piperidine rings is 1. The van der Waals surface area contributed by atoms with Gasteiger partial charge in [0.15, 0.2) is 0 Å². The number of aryl methyl sites for hydroxylation is 1. The van der Waals surface area contributed by atoms with Crippen LogP contribution < -0.4 is 0 Å². The van der Waals surface area contributed by atoms with Gasteiger partial charge in [0, 0.05) is 31.4 Å². The van der Waals surface area contributed by atoms with Crippen molar-refractivity contribution in [2.75, 3.05) is 32.7 Å². The van der Waals surface area contributed by atoms with E-state index in [2.05, 4.69) is 34.6 Å². The van der Waals surface area contributed by atoms with Gasteiger partial charge in [-0.25, -0.2) is 0 Å². The van der Waals surface area contributed by atoms with Crippen LogP contribution in [0.25, 0.3) is 0 Å². The van der Waals surface area contributed by atoms with Gasteiger partial charge in [0.25, 0.3) is 0 Å². The molecule has 3 rings (SSSR count). The highest BCUT2D eigenvalue weighted by Gasteiger charge is 2.35. The fourth-order valence-electron chi connectivity index (χ4n) is 4.01. The molecule has 23 heavy (non-hydrogen) atoms. The Morgan fingerprint density at radius 1 is 1.26 bits per heavy atom. The molecule has 1 aromatic rings. The van der Waals surface area contributed by atoms with Gasteiger partial charge in [-0.2, -0.15) is 5.10 Å². The van der Waals surface area contributed by atoms with Gasteiger partial charge in [-0.05, 0) is 52.2 Å². The predicted octanol–water partition coefficient (Wildman–Crippen LogP) is 1.80. The van der Waals surface area contributed by atoms with Crippen LogP contribution in [0.1, 0.15) is 36.9 Å². The fraction of sp³-hybridized carbons (Fsp3) is 0.722. The van der Waals surface area contributed by atoms with Crippen molar-refractivity contribution in [2.24, 2.45) is 0 Å². The molecule has 1 N–H and O–H groups in total. The standard InChI is InChI=1S/C18H30N4O/c1-3-8-22-13-17(16(2)19-22)12-21-11-6-7-18(23,15-21)14-20-9-4-5-10-20/h3,13,23H,1,4-12,14-15H2,2H3/t18-/m1/s1. The first kappa shape index (κ1) is 16.7. The van der Waals surface area contributed by atoms with Crippen LogP contribution in [0.4, 0.5) is 0 Å². The van der Waals surface area contributed by atoms with E-state index in [1.54, 1.807) is 0 Å². The first-order chi connectivity index (χ1) is 11.1. The third kappa shape index (κ3) is 4.22. The van der Waals surface area contributed by atoms with Crippen LogP contribution in [0.5, 0.6) is 0 Å². The summed E-state index contributed by atoms with van der Waals surface area (Å²) in [5.74, 6) is 0. The summed E-state index contributed by atoms with van der Waals surface area (Å²) >= 11 is 0. The minimum absolute atomic E-state index is 0.548. The minimum Gasteiger partial charge on any atom is -0.387 e. The van der Waals surface area contributed by atoms with Crippen LogP contribution in [-0.2, 0) is 13.1 Å².